The van der Waals surface area contributed by atoms with Crippen LogP contribution < -0.4 is 0 Å². The van der Waals surface area contributed by atoms with Crippen molar-refractivity contribution >= 4 is 11.9 Å². The second kappa shape index (κ2) is 4.17. The number of carbonyl (C=O) groups is 2. The summed E-state index contributed by atoms with van der Waals surface area (Å²) in [5.41, 5.74) is 0.577. The van der Waals surface area contributed by atoms with E-state index in [0.29, 0.717) is 12.5 Å². The highest BCUT2D eigenvalue weighted by atomic mass is 16.6. The van der Waals surface area contributed by atoms with Crippen molar-refractivity contribution in [1.82, 2.24) is 4.90 Å². The molecule has 0 aromatic carbocycles. The van der Waals surface area contributed by atoms with Crippen molar-refractivity contribution in [2.45, 2.75) is 39.2 Å². The monoisotopic (exact) mass is 237 g/mol. The van der Waals surface area contributed by atoms with Gasteiger partial charge in [-0.3, -0.25) is 9.69 Å². The van der Waals surface area contributed by atoms with E-state index < -0.39 is 11.7 Å². The van der Waals surface area contributed by atoms with Gasteiger partial charge >= 0.3 is 6.09 Å². The molecule has 1 saturated carbocycles. The van der Waals surface area contributed by atoms with Crippen molar-refractivity contribution in [2.24, 2.45) is 5.92 Å². The van der Waals surface area contributed by atoms with Gasteiger partial charge in [0.25, 0.3) is 0 Å². The molecule has 4 nitrogen and oxygen atoms in total. The molecule has 0 atom stereocenters. The predicted molar refractivity (Wildman–Crippen MR) is 63.6 cm³/mol. The Hall–Kier alpha value is -1.32. The van der Waals surface area contributed by atoms with E-state index in [0.717, 1.165) is 18.4 Å². The summed E-state index contributed by atoms with van der Waals surface area (Å²) >= 11 is 0. The second-order valence-corrected chi connectivity index (χ2v) is 5.80. The maximum absolute atomic E-state index is 11.9. The summed E-state index contributed by atoms with van der Waals surface area (Å²) in [4.78, 5) is 24.9. The number of nitrogens with zero attached hydrogens (tertiary/aromatic N) is 1. The standard InChI is InChI=1S/C13H19NO3/c1-13(2,3)17-12(16)14-7-10(9-4-5-9)6-11(15)8-14/h6,9H,4-5,7-8H2,1-3H3. The molecule has 0 radical (unpaired) electrons. The molecule has 1 amide bonds. The van der Waals surface area contributed by atoms with Crippen molar-refractivity contribution in [3.8, 4) is 0 Å². The lowest BCUT2D eigenvalue weighted by atomic mass is 10.1. The first-order valence-corrected chi connectivity index (χ1v) is 6.06. The Morgan fingerprint density at radius 1 is 1.35 bits per heavy atom. The van der Waals surface area contributed by atoms with Gasteiger partial charge in [0.05, 0.1) is 6.54 Å². The maximum atomic E-state index is 11.9. The van der Waals surface area contributed by atoms with Crippen molar-refractivity contribution in [3.63, 3.8) is 0 Å². The van der Waals surface area contributed by atoms with E-state index in [1.807, 2.05) is 20.8 Å². The van der Waals surface area contributed by atoms with Gasteiger partial charge in [-0.2, -0.15) is 0 Å². The molecule has 94 valence electrons. The molecule has 0 aromatic heterocycles. The van der Waals surface area contributed by atoms with Crippen LogP contribution in [0.25, 0.3) is 0 Å². The van der Waals surface area contributed by atoms with Crippen LogP contribution in [0.1, 0.15) is 33.6 Å². The number of ketones is 1. The Morgan fingerprint density at radius 3 is 2.53 bits per heavy atom. The van der Waals surface area contributed by atoms with Crippen LogP contribution in [0.2, 0.25) is 0 Å². The molecule has 0 bridgehead atoms. The quantitative estimate of drug-likeness (QED) is 0.702. The average Bonchev–Trinajstić information content (AvgIpc) is 2.96. The number of hydrogen-bond acceptors (Lipinski definition) is 3. The molecule has 0 unspecified atom stereocenters. The van der Waals surface area contributed by atoms with E-state index >= 15 is 0 Å². The van der Waals surface area contributed by atoms with Gasteiger partial charge in [-0.25, -0.2) is 4.79 Å². The Kier molecular flexibility index (Phi) is 2.98. The highest BCUT2D eigenvalue weighted by molar-refractivity contribution is 5.95. The average molecular weight is 237 g/mol. The normalized spacial score (nSPS) is 21.2. The lowest BCUT2D eigenvalue weighted by molar-refractivity contribution is -0.116. The number of amides is 1. The number of ether oxygens (including phenoxy) is 1. The van der Waals surface area contributed by atoms with Crippen molar-refractivity contribution in [1.29, 1.82) is 0 Å². The molecule has 1 aliphatic carbocycles. The molecule has 0 aromatic rings. The second-order valence-electron chi connectivity index (χ2n) is 5.80. The molecule has 4 heteroatoms. The number of carbonyl (C=O) groups excluding carboxylic acids is 2. The van der Waals surface area contributed by atoms with Gasteiger partial charge in [-0.15, -0.1) is 0 Å². The van der Waals surface area contributed by atoms with Gasteiger partial charge < -0.3 is 4.74 Å². The van der Waals surface area contributed by atoms with Crippen molar-refractivity contribution in [3.05, 3.63) is 11.6 Å². The maximum Gasteiger partial charge on any atom is 0.410 e. The van der Waals surface area contributed by atoms with Crippen LogP contribution >= 0.6 is 0 Å². The molecule has 2 rings (SSSR count). The molecular formula is C13H19NO3. The summed E-state index contributed by atoms with van der Waals surface area (Å²) < 4.78 is 5.28. The van der Waals surface area contributed by atoms with Crippen molar-refractivity contribution in [2.75, 3.05) is 13.1 Å². The summed E-state index contributed by atoms with van der Waals surface area (Å²) in [6, 6.07) is 0. The SMILES string of the molecule is CC(C)(C)OC(=O)N1CC(=O)C=C(C2CC2)C1. The van der Waals surface area contributed by atoms with Gasteiger partial charge in [-0.1, -0.05) is 0 Å². The Morgan fingerprint density at radius 2 is 2.00 bits per heavy atom. The van der Waals surface area contributed by atoms with Gasteiger partial charge in [-0.05, 0) is 51.2 Å². The van der Waals surface area contributed by atoms with Gasteiger partial charge in [0, 0.05) is 6.54 Å². The van der Waals surface area contributed by atoms with Gasteiger partial charge in [0.1, 0.15) is 5.60 Å². The Bertz CT molecular complexity index is 375. The molecule has 1 fully saturated rings. The van der Waals surface area contributed by atoms with Crippen LogP contribution in [0.3, 0.4) is 0 Å². The zero-order chi connectivity index (χ0) is 12.6. The molecule has 0 saturated heterocycles. The van der Waals surface area contributed by atoms with Crippen LogP contribution in [0, 0.1) is 5.92 Å². The minimum absolute atomic E-state index is 0.00371. The number of rotatable bonds is 1. The smallest absolute Gasteiger partial charge is 0.410 e. The van der Waals surface area contributed by atoms with Crippen LogP contribution in [0.15, 0.2) is 11.6 Å². The topological polar surface area (TPSA) is 46.6 Å². The molecular weight excluding hydrogens is 218 g/mol. The lowest BCUT2D eigenvalue weighted by Gasteiger charge is -2.29. The first kappa shape index (κ1) is 12.1. The first-order valence-electron chi connectivity index (χ1n) is 6.06. The highest BCUT2D eigenvalue weighted by Gasteiger charge is 2.33. The predicted octanol–water partition coefficient (Wildman–Crippen LogP) is 2.14. The highest BCUT2D eigenvalue weighted by Crippen LogP contribution is 2.37. The third-order valence-electron chi connectivity index (χ3n) is 2.82. The minimum Gasteiger partial charge on any atom is -0.444 e. The largest absolute Gasteiger partial charge is 0.444 e. The zero-order valence-electron chi connectivity index (χ0n) is 10.7. The van der Waals surface area contributed by atoms with Crippen LogP contribution in [-0.4, -0.2) is 35.5 Å². The molecule has 2 aliphatic rings. The van der Waals surface area contributed by atoms with Crippen LogP contribution in [0.4, 0.5) is 4.79 Å². The molecule has 1 aliphatic heterocycles. The summed E-state index contributed by atoms with van der Waals surface area (Å²) in [5, 5.41) is 0. The van der Waals surface area contributed by atoms with Gasteiger partial charge in [0.15, 0.2) is 5.78 Å². The van der Waals surface area contributed by atoms with Crippen LogP contribution in [-0.2, 0) is 9.53 Å². The molecule has 17 heavy (non-hydrogen) atoms. The Labute approximate surface area is 102 Å². The van der Waals surface area contributed by atoms with E-state index in [-0.39, 0.29) is 12.3 Å². The van der Waals surface area contributed by atoms with E-state index in [1.165, 1.54) is 4.90 Å². The fourth-order valence-corrected chi connectivity index (χ4v) is 1.92. The lowest BCUT2D eigenvalue weighted by Crippen LogP contribution is -2.43. The van der Waals surface area contributed by atoms with E-state index in [1.54, 1.807) is 6.08 Å². The molecule has 0 N–H and O–H groups in total. The van der Waals surface area contributed by atoms with Crippen molar-refractivity contribution < 1.29 is 14.3 Å². The third kappa shape index (κ3) is 3.32. The third-order valence-corrected chi connectivity index (χ3v) is 2.82. The molecule has 1 heterocycles. The zero-order valence-corrected chi connectivity index (χ0v) is 10.7. The summed E-state index contributed by atoms with van der Waals surface area (Å²) in [7, 11) is 0. The molecule has 0 spiro atoms. The van der Waals surface area contributed by atoms with Gasteiger partial charge in [0.2, 0.25) is 0 Å². The van der Waals surface area contributed by atoms with E-state index in [9.17, 15) is 9.59 Å². The Balaban J connectivity index is 2.00. The fourth-order valence-electron chi connectivity index (χ4n) is 1.92. The van der Waals surface area contributed by atoms with E-state index in [4.69, 9.17) is 4.74 Å². The number of hydrogen-bond donors (Lipinski definition) is 0. The fraction of sp³-hybridized carbons (Fsp3) is 0.692. The summed E-state index contributed by atoms with van der Waals surface area (Å²) in [6.45, 7) is 6.17. The van der Waals surface area contributed by atoms with Crippen LogP contribution in [0.5, 0.6) is 0 Å². The summed E-state index contributed by atoms with van der Waals surface area (Å²) in [6.07, 6.45) is 3.60. The summed E-state index contributed by atoms with van der Waals surface area (Å²) in [5.74, 6) is 0.521. The first-order chi connectivity index (χ1) is 7.85. The van der Waals surface area contributed by atoms with E-state index in [2.05, 4.69) is 0 Å². The minimum atomic E-state index is -0.513.